The molecule has 1 aliphatic heterocycles. The largest absolute Gasteiger partial charge is 0.416 e. The van der Waals surface area contributed by atoms with Crippen molar-refractivity contribution in [3.8, 4) is 0 Å². The minimum absolute atomic E-state index is 0.0785. The van der Waals surface area contributed by atoms with E-state index in [-0.39, 0.29) is 22.4 Å². The van der Waals surface area contributed by atoms with Crippen molar-refractivity contribution in [2.45, 2.75) is 19.0 Å². The van der Waals surface area contributed by atoms with Gasteiger partial charge in [-0.2, -0.15) is 13.2 Å². The van der Waals surface area contributed by atoms with E-state index in [2.05, 4.69) is 10.3 Å². The van der Waals surface area contributed by atoms with Gasteiger partial charge in [-0.3, -0.25) is 4.79 Å². The van der Waals surface area contributed by atoms with Crippen molar-refractivity contribution < 1.29 is 18.0 Å². The molecule has 1 N–H and O–H groups in total. The van der Waals surface area contributed by atoms with Gasteiger partial charge in [0.15, 0.2) is 0 Å². The molecule has 25 heavy (non-hydrogen) atoms. The number of halogens is 4. The minimum Gasteiger partial charge on any atom is -0.339 e. The zero-order chi connectivity index (χ0) is 18.0. The van der Waals surface area contributed by atoms with Crippen LogP contribution in [0.25, 0.3) is 0 Å². The molecule has 1 fully saturated rings. The summed E-state index contributed by atoms with van der Waals surface area (Å²) in [4.78, 5) is 18.2. The second kappa shape index (κ2) is 6.92. The highest BCUT2D eigenvalue weighted by Gasteiger charge is 2.31. The molecule has 1 aromatic carbocycles. The number of hydrogen-bond donors (Lipinski definition) is 1. The molecule has 3 rings (SSSR count). The summed E-state index contributed by atoms with van der Waals surface area (Å²) in [5.74, 6) is 0.143. The second-order valence-corrected chi connectivity index (χ2v) is 6.15. The number of hydrogen-bond acceptors (Lipinski definition) is 3. The summed E-state index contributed by atoms with van der Waals surface area (Å²) in [5, 5.41) is 2.89. The van der Waals surface area contributed by atoms with Gasteiger partial charge in [0, 0.05) is 24.8 Å². The Morgan fingerprint density at radius 3 is 2.56 bits per heavy atom. The van der Waals surface area contributed by atoms with E-state index < -0.39 is 11.7 Å². The number of aromatic nitrogens is 1. The number of anilines is 2. The third kappa shape index (κ3) is 4.04. The Hall–Kier alpha value is -2.28. The molecular weight excluding hydrogens is 355 g/mol. The normalized spacial score (nSPS) is 14.6. The average molecular weight is 370 g/mol. The van der Waals surface area contributed by atoms with Crippen molar-refractivity contribution in [2.75, 3.05) is 18.4 Å². The number of carbonyl (C=O) groups excluding carboxylic acids is 1. The number of likely N-dealkylation sites (tertiary alicyclic amines) is 1. The molecular formula is C17H15ClF3N3O. The first kappa shape index (κ1) is 17.5. The number of nitrogens with one attached hydrogen (secondary N) is 1. The lowest BCUT2D eigenvalue weighted by atomic mass is 10.2. The van der Waals surface area contributed by atoms with E-state index in [0.29, 0.717) is 18.7 Å². The molecule has 0 saturated carbocycles. The van der Waals surface area contributed by atoms with Crippen LogP contribution in [0.5, 0.6) is 0 Å². The Balaban J connectivity index is 1.84. The van der Waals surface area contributed by atoms with Gasteiger partial charge in [-0.05, 0) is 43.2 Å². The van der Waals surface area contributed by atoms with Gasteiger partial charge in [0.25, 0.3) is 5.91 Å². The number of benzene rings is 1. The first-order valence-electron chi connectivity index (χ1n) is 7.74. The summed E-state index contributed by atoms with van der Waals surface area (Å²) in [7, 11) is 0. The molecule has 0 bridgehead atoms. The third-order valence-corrected chi connectivity index (χ3v) is 4.29. The van der Waals surface area contributed by atoms with E-state index >= 15 is 0 Å². The zero-order valence-corrected chi connectivity index (χ0v) is 13.9. The van der Waals surface area contributed by atoms with Crippen molar-refractivity contribution in [2.24, 2.45) is 0 Å². The first-order valence-corrected chi connectivity index (χ1v) is 8.11. The van der Waals surface area contributed by atoms with Gasteiger partial charge in [-0.15, -0.1) is 0 Å². The minimum atomic E-state index is -4.47. The highest BCUT2D eigenvalue weighted by atomic mass is 35.5. The zero-order valence-electron chi connectivity index (χ0n) is 13.1. The van der Waals surface area contributed by atoms with Crippen LogP contribution in [0.1, 0.15) is 28.8 Å². The van der Waals surface area contributed by atoms with Gasteiger partial charge in [0.1, 0.15) is 5.82 Å². The smallest absolute Gasteiger partial charge is 0.339 e. The molecule has 0 aliphatic carbocycles. The monoisotopic (exact) mass is 369 g/mol. The lowest BCUT2D eigenvalue weighted by molar-refractivity contribution is -0.137. The van der Waals surface area contributed by atoms with E-state index in [9.17, 15) is 18.0 Å². The summed E-state index contributed by atoms with van der Waals surface area (Å²) >= 11 is 5.97. The maximum absolute atomic E-state index is 12.8. The molecule has 0 atom stereocenters. The third-order valence-electron chi connectivity index (χ3n) is 3.96. The summed E-state index contributed by atoms with van der Waals surface area (Å²) in [6.45, 7) is 1.42. The quantitative estimate of drug-likeness (QED) is 0.850. The van der Waals surface area contributed by atoms with Crippen LogP contribution in [0, 0.1) is 0 Å². The van der Waals surface area contributed by atoms with Crippen LogP contribution in [0.2, 0.25) is 5.02 Å². The number of carbonyl (C=O) groups is 1. The van der Waals surface area contributed by atoms with Crippen LogP contribution >= 0.6 is 11.6 Å². The van der Waals surface area contributed by atoms with Crippen LogP contribution < -0.4 is 5.32 Å². The lowest BCUT2D eigenvalue weighted by Gasteiger charge is -2.16. The van der Waals surface area contributed by atoms with Gasteiger partial charge >= 0.3 is 6.18 Å². The summed E-state index contributed by atoms with van der Waals surface area (Å²) < 4.78 is 38.5. The topological polar surface area (TPSA) is 45.2 Å². The molecule has 2 heterocycles. The van der Waals surface area contributed by atoms with Crippen LogP contribution in [0.3, 0.4) is 0 Å². The van der Waals surface area contributed by atoms with Crippen LogP contribution in [0.4, 0.5) is 24.7 Å². The number of pyridine rings is 1. The van der Waals surface area contributed by atoms with Gasteiger partial charge in [0.05, 0.1) is 16.3 Å². The maximum Gasteiger partial charge on any atom is 0.416 e. The molecule has 1 saturated heterocycles. The highest BCUT2D eigenvalue weighted by Crippen LogP contribution is 2.34. The van der Waals surface area contributed by atoms with Crippen molar-refractivity contribution in [3.63, 3.8) is 0 Å². The van der Waals surface area contributed by atoms with Crippen molar-refractivity contribution in [3.05, 3.63) is 52.7 Å². The first-order chi connectivity index (χ1) is 11.8. The Bertz CT molecular complexity index is 789. The Morgan fingerprint density at radius 2 is 1.88 bits per heavy atom. The molecule has 132 valence electrons. The molecule has 1 aromatic heterocycles. The number of alkyl halides is 3. The molecule has 0 radical (unpaired) electrons. The van der Waals surface area contributed by atoms with Gasteiger partial charge in [-0.1, -0.05) is 11.6 Å². The second-order valence-electron chi connectivity index (χ2n) is 5.75. The van der Waals surface area contributed by atoms with E-state index in [0.717, 1.165) is 25.0 Å². The van der Waals surface area contributed by atoms with Crippen LogP contribution in [-0.4, -0.2) is 28.9 Å². The van der Waals surface area contributed by atoms with Crippen molar-refractivity contribution in [1.29, 1.82) is 0 Å². The van der Waals surface area contributed by atoms with Crippen LogP contribution in [0.15, 0.2) is 36.5 Å². The molecule has 1 aliphatic rings. The lowest BCUT2D eigenvalue weighted by Crippen LogP contribution is -2.27. The summed E-state index contributed by atoms with van der Waals surface area (Å²) in [5.41, 5.74) is -0.305. The van der Waals surface area contributed by atoms with Crippen molar-refractivity contribution >= 4 is 29.0 Å². The predicted molar refractivity (Wildman–Crippen MR) is 89.1 cm³/mol. The number of amides is 1. The predicted octanol–water partition coefficient (Wildman–Crippen LogP) is 4.73. The SMILES string of the molecule is O=C(c1ccnc(Nc2cc(C(F)(F)F)ccc2Cl)c1)N1CCCC1. The molecule has 1 amide bonds. The molecule has 2 aromatic rings. The van der Waals surface area contributed by atoms with Crippen LogP contribution in [-0.2, 0) is 6.18 Å². The molecule has 0 unspecified atom stereocenters. The van der Waals surface area contributed by atoms with E-state index in [1.165, 1.54) is 18.3 Å². The molecule has 8 heteroatoms. The highest BCUT2D eigenvalue weighted by molar-refractivity contribution is 6.33. The molecule has 0 spiro atoms. The van der Waals surface area contributed by atoms with E-state index in [1.54, 1.807) is 11.0 Å². The summed E-state index contributed by atoms with van der Waals surface area (Å²) in [6, 6.07) is 6.09. The van der Waals surface area contributed by atoms with E-state index in [1.807, 2.05) is 0 Å². The fourth-order valence-electron chi connectivity index (χ4n) is 2.67. The average Bonchev–Trinajstić information content (AvgIpc) is 3.10. The fourth-order valence-corrected chi connectivity index (χ4v) is 2.83. The standard InChI is InChI=1S/C17H15ClF3N3O/c18-13-4-3-12(17(19,20)21)10-14(13)23-15-9-11(5-6-22-15)16(25)24-7-1-2-8-24/h3-6,9-10H,1-2,7-8H2,(H,22,23). The summed E-state index contributed by atoms with van der Waals surface area (Å²) in [6.07, 6.45) is -1.08. The van der Waals surface area contributed by atoms with E-state index in [4.69, 9.17) is 11.6 Å². The Morgan fingerprint density at radius 1 is 1.16 bits per heavy atom. The maximum atomic E-state index is 12.8. The fraction of sp³-hybridized carbons (Fsp3) is 0.294. The Kier molecular flexibility index (Phi) is 4.85. The van der Waals surface area contributed by atoms with Gasteiger partial charge in [0.2, 0.25) is 0 Å². The molecule has 4 nitrogen and oxygen atoms in total. The Labute approximate surface area is 147 Å². The van der Waals surface area contributed by atoms with Gasteiger partial charge in [-0.25, -0.2) is 4.98 Å². The number of rotatable bonds is 3. The van der Waals surface area contributed by atoms with Crippen molar-refractivity contribution in [1.82, 2.24) is 9.88 Å². The van der Waals surface area contributed by atoms with Gasteiger partial charge < -0.3 is 10.2 Å². The number of nitrogens with zero attached hydrogens (tertiary/aromatic N) is 2.